The van der Waals surface area contributed by atoms with E-state index in [-0.39, 0.29) is 16.5 Å². The van der Waals surface area contributed by atoms with Crippen LogP contribution in [-0.4, -0.2) is 39.0 Å². The predicted octanol–water partition coefficient (Wildman–Crippen LogP) is 1.21. The molecule has 0 bridgehead atoms. The number of hydrogen-bond acceptors (Lipinski definition) is 7. The number of phenolic OH excluding ortho intramolecular Hbond substituents is 1. The van der Waals surface area contributed by atoms with E-state index >= 15 is 0 Å². The van der Waals surface area contributed by atoms with E-state index < -0.39 is 35.8 Å². The van der Waals surface area contributed by atoms with Gasteiger partial charge in [-0.3, -0.25) is 14.1 Å². The average molecular weight is 342 g/mol. The third kappa shape index (κ3) is 2.94. The minimum absolute atomic E-state index is 0.0389. The molecule has 0 aliphatic rings. The summed E-state index contributed by atoms with van der Waals surface area (Å²) in [4.78, 5) is -1.42. The van der Waals surface area contributed by atoms with Crippen LogP contribution in [0, 0.1) is 0 Å². The maximum atomic E-state index is 11.3. The topological polar surface area (TPSA) is 154 Å². The van der Waals surface area contributed by atoms with Gasteiger partial charge in [-0.15, -0.1) is 0 Å². The highest BCUT2D eigenvalue weighted by Crippen LogP contribution is 2.41. The molecule has 22 heavy (non-hydrogen) atoms. The van der Waals surface area contributed by atoms with Crippen molar-refractivity contribution >= 4 is 44.7 Å². The van der Waals surface area contributed by atoms with Gasteiger partial charge in [0, 0.05) is 5.39 Å². The van der Waals surface area contributed by atoms with Crippen LogP contribution in [0.1, 0.15) is 0 Å². The lowest BCUT2D eigenvalue weighted by Gasteiger charge is -2.09. The molecule has 0 unspecified atom stereocenters. The molecule has 2 aromatic carbocycles. The minimum Gasteiger partial charge on any atom is -0.504 e. The lowest BCUT2D eigenvalue weighted by Crippen LogP contribution is -2.00. The molecule has 0 saturated heterocycles. The Balaban J connectivity index is 3.00. The fourth-order valence-electron chi connectivity index (χ4n) is 1.85. The largest absolute Gasteiger partial charge is 0.504 e. The molecule has 9 nitrogen and oxygen atoms in total. The van der Waals surface area contributed by atoms with Crippen LogP contribution in [-0.2, 0) is 20.2 Å². The fourth-order valence-corrected chi connectivity index (χ4v) is 2.98. The number of phenols is 1. The Morgan fingerprint density at radius 1 is 1.00 bits per heavy atom. The molecule has 3 N–H and O–H groups in total. The van der Waals surface area contributed by atoms with Gasteiger partial charge in [0.2, 0.25) is 0 Å². The average Bonchev–Trinajstić information content (AvgIpc) is 2.38. The monoisotopic (exact) mass is 342 g/mol. The van der Waals surface area contributed by atoms with Gasteiger partial charge in [-0.1, -0.05) is 6.07 Å². The third-order valence-corrected chi connectivity index (χ3v) is 4.47. The summed E-state index contributed by atoms with van der Waals surface area (Å²) in [5.41, 5.74) is -0.380. The van der Waals surface area contributed by atoms with Crippen molar-refractivity contribution < 1.29 is 31.0 Å². The molecule has 0 heterocycles. The van der Waals surface area contributed by atoms with Gasteiger partial charge in [0.25, 0.3) is 28.2 Å². The summed E-state index contributed by atoms with van der Waals surface area (Å²) in [6.45, 7) is 0. The van der Waals surface area contributed by atoms with Crippen LogP contribution in [0.2, 0.25) is 0 Å². The highest BCUT2D eigenvalue weighted by atomic mass is 32.2. The quantitative estimate of drug-likeness (QED) is 0.430. The standard InChI is InChI=1S/C10H7BN2O7S2/c11-13-12-9-7-2-1-6(21(15,16)17)3-5(7)4-8(10(9)14)22(18,19)20/h1-4,14H,(H,15,16,17)(H,18,19,20). The summed E-state index contributed by atoms with van der Waals surface area (Å²) in [7, 11) is -4.47. The first-order chi connectivity index (χ1) is 10.1. The van der Waals surface area contributed by atoms with Crippen LogP contribution in [0.3, 0.4) is 0 Å². The van der Waals surface area contributed by atoms with E-state index in [2.05, 4.69) is 10.1 Å². The molecule has 0 aromatic heterocycles. The number of hydrogen-bond donors (Lipinski definition) is 3. The zero-order chi connectivity index (χ0) is 16.7. The van der Waals surface area contributed by atoms with Gasteiger partial charge < -0.3 is 5.11 Å². The molecular formula is C10H7BN2O7S2. The highest BCUT2D eigenvalue weighted by Gasteiger charge is 2.22. The molecular weight excluding hydrogens is 335 g/mol. The first-order valence-electron chi connectivity index (χ1n) is 5.41. The summed E-state index contributed by atoms with van der Waals surface area (Å²) in [5, 5.41) is 16.2. The molecule has 2 aromatic rings. The SMILES string of the molecule is [B]N=Nc1c(O)c(S(=O)(=O)O)cc2cc(S(=O)(=O)O)ccc12. The summed E-state index contributed by atoms with van der Waals surface area (Å²) >= 11 is 0. The minimum atomic E-state index is -4.82. The summed E-state index contributed by atoms with van der Waals surface area (Å²) in [6, 6.07) is 3.94. The van der Waals surface area contributed by atoms with E-state index in [0.717, 1.165) is 24.3 Å². The molecule has 2 radical (unpaired) electrons. The lowest BCUT2D eigenvalue weighted by atomic mass is 10.1. The van der Waals surface area contributed by atoms with Crippen molar-refractivity contribution in [1.82, 2.24) is 0 Å². The third-order valence-electron chi connectivity index (χ3n) is 2.76. The molecule has 0 aliphatic heterocycles. The molecule has 0 saturated carbocycles. The second-order valence-corrected chi connectivity index (χ2v) is 6.93. The normalized spacial score (nSPS) is 13.0. The number of aromatic hydroxyl groups is 1. The van der Waals surface area contributed by atoms with Crippen molar-refractivity contribution in [1.29, 1.82) is 0 Å². The first-order valence-corrected chi connectivity index (χ1v) is 8.29. The Morgan fingerprint density at radius 2 is 1.64 bits per heavy atom. The molecule has 0 amide bonds. The number of rotatable bonds is 3. The molecule has 0 aliphatic carbocycles. The van der Waals surface area contributed by atoms with Gasteiger partial charge in [0.05, 0.1) is 4.90 Å². The van der Waals surface area contributed by atoms with Crippen LogP contribution in [0.25, 0.3) is 10.8 Å². The van der Waals surface area contributed by atoms with Gasteiger partial charge in [-0.2, -0.15) is 21.9 Å². The predicted molar refractivity (Wildman–Crippen MR) is 75.5 cm³/mol. The number of nitrogens with zero attached hydrogens (tertiary/aromatic N) is 2. The van der Waals surface area contributed by atoms with Crippen molar-refractivity contribution in [2.75, 3.05) is 0 Å². The van der Waals surface area contributed by atoms with Gasteiger partial charge in [0.15, 0.2) is 5.75 Å². The maximum absolute atomic E-state index is 11.3. The Kier molecular flexibility index (Phi) is 3.95. The number of benzene rings is 2. The van der Waals surface area contributed by atoms with E-state index in [1.54, 1.807) is 0 Å². The highest BCUT2D eigenvalue weighted by molar-refractivity contribution is 7.86. The van der Waals surface area contributed by atoms with E-state index in [1.807, 2.05) is 0 Å². The summed E-state index contributed by atoms with van der Waals surface area (Å²) < 4.78 is 62.8. The van der Waals surface area contributed by atoms with Crippen molar-refractivity contribution in [2.45, 2.75) is 9.79 Å². The second kappa shape index (κ2) is 5.32. The summed E-state index contributed by atoms with van der Waals surface area (Å²) in [6.07, 6.45) is 0. The number of fused-ring (bicyclic) bond motifs is 1. The Bertz CT molecular complexity index is 1000. The molecule has 0 atom stereocenters. The second-order valence-electron chi connectivity index (χ2n) is 4.12. The first kappa shape index (κ1) is 16.4. The Morgan fingerprint density at radius 3 is 2.14 bits per heavy atom. The summed E-state index contributed by atoms with van der Waals surface area (Å²) in [5.74, 6) is -0.899. The van der Waals surface area contributed by atoms with Crippen LogP contribution >= 0.6 is 0 Å². The van der Waals surface area contributed by atoms with Crippen LogP contribution in [0.5, 0.6) is 5.75 Å². The lowest BCUT2D eigenvalue weighted by molar-refractivity contribution is 0.445. The zero-order valence-electron chi connectivity index (χ0n) is 10.6. The van der Waals surface area contributed by atoms with E-state index in [0.29, 0.717) is 0 Å². The van der Waals surface area contributed by atoms with Crippen LogP contribution < -0.4 is 0 Å². The van der Waals surface area contributed by atoms with E-state index in [9.17, 15) is 21.9 Å². The van der Waals surface area contributed by atoms with Crippen molar-refractivity contribution in [3.63, 3.8) is 0 Å². The Labute approximate surface area is 126 Å². The van der Waals surface area contributed by atoms with Crippen LogP contribution in [0.4, 0.5) is 5.69 Å². The van der Waals surface area contributed by atoms with Crippen molar-refractivity contribution in [3.8, 4) is 5.75 Å². The maximum Gasteiger partial charge on any atom is 0.298 e. The molecule has 0 spiro atoms. The molecule has 114 valence electrons. The van der Waals surface area contributed by atoms with Gasteiger partial charge in [-0.25, -0.2) is 0 Å². The van der Waals surface area contributed by atoms with Crippen molar-refractivity contribution in [2.24, 2.45) is 10.1 Å². The molecule has 0 fully saturated rings. The molecule has 12 heteroatoms. The van der Waals surface area contributed by atoms with Crippen LogP contribution in [0.15, 0.2) is 44.2 Å². The van der Waals surface area contributed by atoms with Gasteiger partial charge in [-0.05, 0) is 23.6 Å². The van der Waals surface area contributed by atoms with Gasteiger partial charge >= 0.3 is 0 Å². The Hall–Kier alpha value is -2.02. The fraction of sp³-hybridized carbons (Fsp3) is 0. The molecule has 2 rings (SSSR count). The van der Waals surface area contributed by atoms with Gasteiger partial charge in [0.1, 0.15) is 10.6 Å². The zero-order valence-corrected chi connectivity index (χ0v) is 12.2. The van der Waals surface area contributed by atoms with E-state index in [4.69, 9.17) is 17.1 Å². The van der Waals surface area contributed by atoms with E-state index in [1.165, 1.54) is 0 Å². The smallest absolute Gasteiger partial charge is 0.298 e. The van der Waals surface area contributed by atoms with Crippen molar-refractivity contribution in [3.05, 3.63) is 24.3 Å².